The molecule has 1 aromatic carbocycles. The van der Waals surface area contributed by atoms with Gasteiger partial charge in [-0.05, 0) is 23.1 Å². The minimum Gasteiger partial charge on any atom is -0.326 e. The molecule has 0 saturated carbocycles. The lowest BCUT2D eigenvalue weighted by Gasteiger charge is -1.99. The molecule has 0 aliphatic heterocycles. The summed E-state index contributed by atoms with van der Waals surface area (Å²) < 4.78 is 0. The van der Waals surface area contributed by atoms with Gasteiger partial charge < -0.3 is 5.73 Å². The minimum atomic E-state index is 0.566. The molecule has 0 saturated heterocycles. The van der Waals surface area contributed by atoms with Gasteiger partial charge in [0.1, 0.15) is 5.01 Å². The van der Waals surface area contributed by atoms with Crippen molar-refractivity contribution in [2.45, 2.75) is 6.54 Å². The Labute approximate surface area is 114 Å². The fourth-order valence-corrected chi connectivity index (χ4v) is 3.26. The summed E-state index contributed by atoms with van der Waals surface area (Å²) in [5, 5.41) is 7.34. The summed E-state index contributed by atoms with van der Waals surface area (Å²) in [5.74, 6) is 0. The third-order valence-corrected chi connectivity index (χ3v) is 4.31. The Kier molecular flexibility index (Phi) is 3.23. The summed E-state index contributed by atoms with van der Waals surface area (Å²) >= 11 is 3.37. The second-order valence-corrected chi connectivity index (χ2v) is 5.59. The van der Waals surface area contributed by atoms with Gasteiger partial charge in [-0.1, -0.05) is 18.2 Å². The fourth-order valence-electron chi connectivity index (χ4n) is 1.78. The van der Waals surface area contributed by atoms with Gasteiger partial charge in [-0.3, -0.25) is 0 Å². The summed E-state index contributed by atoms with van der Waals surface area (Å²) in [5.41, 5.74) is 10.2. The van der Waals surface area contributed by atoms with Crippen LogP contribution in [-0.2, 0) is 6.54 Å². The lowest BCUT2D eigenvalue weighted by Crippen LogP contribution is -1.95. The highest BCUT2D eigenvalue weighted by Crippen LogP contribution is 2.30. The van der Waals surface area contributed by atoms with Crippen LogP contribution in [0.5, 0.6) is 0 Å². The first kappa shape index (κ1) is 11.6. The van der Waals surface area contributed by atoms with Gasteiger partial charge in [0.2, 0.25) is 0 Å². The molecule has 2 N–H and O–H groups in total. The Morgan fingerprint density at radius 1 is 1.11 bits per heavy atom. The van der Waals surface area contributed by atoms with Crippen molar-refractivity contribution in [3.8, 4) is 21.8 Å². The van der Waals surface area contributed by atoms with E-state index in [2.05, 4.69) is 39.3 Å². The van der Waals surface area contributed by atoms with Crippen molar-refractivity contribution in [1.29, 1.82) is 0 Å². The van der Waals surface area contributed by atoms with Gasteiger partial charge in [0.25, 0.3) is 0 Å². The first-order chi connectivity index (χ1) is 8.86. The van der Waals surface area contributed by atoms with E-state index in [0.29, 0.717) is 6.54 Å². The Bertz CT molecular complexity index is 641. The highest BCUT2D eigenvalue weighted by atomic mass is 32.1. The molecule has 0 aliphatic carbocycles. The lowest BCUT2D eigenvalue weighted by atomic mass is 10.1. The van der Waals surface area contributed by atoms with Crippen LogP contribution in [-0.4, -0.2) is 4.98 Å². The number of nitrogens with zero attached hydrogens (tertiary/aromatic N) is 1. The van der Waals surface area contributed by atoms with E-state index in [4.69, 9.17) is 5.73 Å². The maximum atomic E-state index is 5.66. The zero-order chi connectivity index (χ0) is 12.4. The molecular weight excluding hydrogens is 260 g/mol. The zero-order valence-corrected chi connectivity index (χ0v) is 11.3. The Morgan fingerprint density at radius 3 is 2.83 bits per heavy atom. The molecule has 0 atom stereocenters. The molecule has 0 radical (unpaired) electrons. The molecule has 0 aliphatic rings. The predicted octanol–water partition coefficient (Wildman–Crippen LogP) is 4.00. The van der Waals surface area contributed by atoms with Crippen molar-refractivity contribution < 1.29 is 0 Å². The predicted molar refractivity (Wildman–Crippen MR) is 78.8 cm³/mol. The van der Waals surface area contributed by atoms with Crippen molar-refractivity contribution >= 4 is 22.7 Å². The van der Waals surface area contributed by atoms with Crippen LogP contribution in [0.15, 0.2) is 46.5 Å². The van der Waals surface area contributed by atoms with E-state index >= 15 is 0 Å². The molecule has 3 aromatic rings. The molecular formula is C14H12N2S2. The molecule has 3 rings (SSSR count). The molecule has 2 heterocycles. The van der Waals surface area contributed by atoms with E-state index in [-0.39, 0.29) is 0 Å². The van der Waals surface area contributed by atoms with Crippen LogP contribution in [0.25, 0.3) is 21.8 Å². The number of nitrogens with two attached hydrogens (primary N) is 1. The second kappa shape index (κ2) is 5.02. The van der Waals surface area contributed by atoms with Gasteiger partial charge in [-0.2, -0.15) is 11.3 Å². The molecule has 18 heavy (non-hydrogen) atoms. The van der Waals surface area contributed by atoms with Gasteiger partial charge in [0.15, 0.2) is 0 Å². The highest BCUT2D eigenvalue weighted by Gasteiger charge is 2.07. The number of benzene rings is 1. The molecule has 0 fully saturated rings. The maximum absolute atomic E-state index is 5.66. The van der Waals surface area contributed by atoms with Crippen molar-refractivity contribution in [1.82, 2.24) is 4.98 Å². The van der Waals surface area contributed by atoms with Gasteiger partial charge in [0.05, 0.1) is 5.69 Å². The summed E-state index contributed by atoms with van der Waals surface area (Å²) in [4.78, 5) is 4.68. The number of hydrogen-bond acceptors (Lipinski definition) is 4. The number of aromatic nitrogens is 1. The number of rotatable bonds is 3. The summed E-state index contributed by atoms with van der Waals surface area (Å²) in [6.45, 7) is 0.566. The smallest absolute Gasteiger partial charge is 0.124 e. The monoisotopic (exact) mass is 272 g/mol. The quantitative estimate of drug-likeness (QED) is 0.782. The third kappa shape index (κ3) is 2.22. The first-order valence-electron chi connectivity index (χ1n) is 5.64. The Morgan fingerprint density at radius 2 is 2.06 bits per heavy atom. The van der Waals surface area contributed by atoms with Gasteiger partial charge in [0, 0.05) is 28.4 Å². The van der Waals surface area contributed by atoms with E-state index in [0.717, 1.165) is 21.8 Å². The second-order valence-electron chi connectivity index (χ2n) is 3.95. The van der Waals surface area contributed by atoms with Crippen LogP contribution in [0, 0.1) is 0 Å². The van der Waals surface area contributed by atoms with E-state index in [1.54, 1.807) is 22.7 Å². The summed E-state index contributed by atoms with van der Waals surface area (Å²) in [6, 6.07) is 10.4. The molecule has 0 unspecified atom stereocenters. The minimum absolute atomic E-state index is 0.566. The normalized spacial score (nSPS) is 10.7. The van der Waals surface area contributed by atoms with Crippen molar-refractivity contribution in [3.05, 3.63) is 52.0 Å². The van der Waals surface area contributed by atoms with Crippen molar-refractivity contribution in [2.24, 2.45) is 5.73 Å². The summed E-state index contributed by atoms with van der Waals surface area (Å²) in [6.07, 6.45) is 0. The first-order valence-corrected chi connectivity index (χ1v) is 7.46. The van der Waals surface area contributed by atoms with E-state index in [1.165, 1.54) is 5.56 Å². The number of thiophene rings is 1. The average molecular weight is 272 g/mol. The highest BCUT2D eigenvalue weighted by molar-refractivity contribution is 7.13. The topological polar surface area (TPSA) is 38.9 Å². The maximum Gasteiger partial charge on any atom is 0.124 e. The van der Waals surface area contributed by atoms with E-state index in [9.17, 15) is 0 Å². The van der Waals surface area contributed by atoms with Crippen LogP contribution in [0.4, 0.5) is 0 Å². The molecule has 90 valence electrons. The zero-order valence-electron chi connectivity index (χ0n) is 9.67. The summed E-state index contributed by atoms with van der Waals surface area (Å²) in [7, 11) is 0. The number of thiazole rings is 1. The van der Waals surface area contributed by atoms with Crippen LogP contribution >= 0.6 is 22.7 Å². The molecule has 0 amide bonds. The average Bonchev–Trinajstić information content (AvgIpc) is 3.09. The van der Waals surface area contributed by atoms with Crippen molar-refractivity contribution in [2.75, 3.05) is 0 Å². The van der Waals surface area contributed by atoms with Gasteiger partial charge >= 0.3 is 0 Å². The number of hydrogen-bond donors (Lipinski definition) is 1. The van der Waals surface area contributed by atoms with Gasteiger partial charge in [-0.25, -0.2) is 4.98 Å². The largest absolute Gasteiger partial charge is 0.326 e. The molecule has 4 heteroatoms. The van der Waals surface area contributed by atoms with Crippen molar-refractivity contribution in [3.63, 3.8) is 0 Å². The van der Waals surface area contributed by atoms with Crippen LogP contribution < -0.4 is 5.73 Å². The van der Waals surface area contributed by atoms with Gasteiger partial charge in [-0.15, -0.1) is 11.3 Å². The van der Waals surface area contributed by atoms with Crippen LogP contribution in [0.2, 0.25) is 0 Å². The SMILES string of the molecule is NCc1cccc(-c2nc(-c3ccsc3)cs2)c1. The fraction of sp³-hybridized carbons (Fsp3) is 0.0714. The molecule has 0 bridgehead atoms. The van der Waals surface area contributed by atoms with Crippen LogP contribution in [0.3, 0.4) is 0 Å². The standard InChI is InChI=1S/C14H12N2S2/c15-7-10-2-1-3-11(6-10)14-16-13(9-18-14)12-4-5-17-8-12/h1-6,8-9H,7,15H2. The Balaban J connectivity index is 1.97. The third-order valence-electron chi connectivity index (χ3n) is 2.73. The lowest BCUT2D eigenvalue weighted by molar-refractivity contribution is 1.07. The van der Waals surface area contributed by atoms with E-state index < -0.39 is 0 Å². The van der Waals surface area contributed by atoms with Crippen LogP contribution in [0.1, 0.15) is 5.56 Å². The molecule has 0 spiro atoms. The molecule has 2 aromatic heterocycles. The molecule has 2 nitrogen and oxygen atoms in total. The Hall–Kier alpha value is -1.49. The van der Waals surface area contributed by atoms with E-state index in [1.807, 2.05) is 12.1 Å².